The van der Waals surface area contributed by atoms with E-state index >= 15 is 4.39 Å². The van der Waals surface area contributed by atoms with Crippen LogP contribution in [-0.4, -0.2) is 28.7 Å². The summed E-state index contributed by atoms with van der Waals surface area (Å²) in [6.45, 7) is 10.0. The molecule has 3 rings (SSSR count). The Bertz CT molecular complexity index is 1130. The maximum atomic E-state index is 15.2. The van der Waals surface area contributed by atoms with Gasteiger partial charge in [-0.15, -0.1) is 0 Å². The first-order valence-electron chi connectivity index (χ1n) is 10.3. The van der Waals surface area contributed by atoms with Crippen LogP contribution in [0.5, 0.6) is 17.2 Å². The summed E-state index contributed by atoms with van der Waals surface area (Å²) in [4.78, 5) is 13.0. The molecule has 0 saturated heterocycles. The van der Waals surface area contributed by atoms with Gasteiger partial charge in [0.25, 0.3) is 0 Å². The number of Topliss-reactive ketones (excluding diaryl/α,β-unsaturated/α-hetero) is 1. The van der Waals surface area contributed by atoms with Gasteiger partial charge in [-0.25, -0.2) is 4.39 Å². The van der Waals surface area contributed by atoms with Gasteiger partial charge in [0, 0.05) is 17.1 Å². The van der Waals surface area contributed by atoms with Crippen LogP contribution >= 0.6 is 0 Å². The standard InChI is InChI=1S/C24H29FN2O4/c1-6-30-19-11-15-12-27(23(26)20(15)21(25)22(19)31-7-2)13-18(29)14-8-9-17(28)16(10-14)24(3,4)5/h8-12,28H,6-7,13,26H2,1-5H3. The number of carbonyl (C=O) groups excluding carboxylic acids is 1. The molecule has 3 aromatic rings. The van der Waals surface area contributed by atoms with Crippen molar-refractivity contribution in [3.05, 3.63) is 47.4 Å². The molecule has 3 N–H and O–H groups in total. The zero-order valence-corrected chi connectivity index (χ0v) is 18.6. The topological polar surface area (TPSA) is 86.7 Å². The zero-order chi connectivity index (χ0) is 22.9. The Hall–Kier alpha value is -3.22. The van der Waals surface area contributed by atoms with Crippen molar-refractivity contribution in [1.82, 2.24) is 4.57 Å². The van der Waals surface area contributed by atoms with Gasteiger partial charge in [-0.2, -0.15) is 0 Å². The van der Waals surface area contributed by atoms with Crippen molar-refractivity contribution in [2.45, 2.75) is 46.6 Å². The summed E-state index contributed by atoms with van der Waals surface area (Å²) >= 11 is 0. The van der Waals surface area contributed by atoms with E-state index in [0.29, 0.717) is 28.9 Å². The molecule has 0 amide bonds. The highest BCUT2D eigenvalue weighted by Gasteiger charge is 2.23. The Morgan fingerprint density at radius 3 is 2.45 bits per heavy atom. The summed E-state index contributed by atoms with van der Waals surface area (Å²) in [5.41, 5.74) is 7.02. The molecule has 0 unspecified atom stereocenters. The molecule has 0 fully saturated rings. The molecule has 0 atom stereocenters. The lowest BCUT2D eigenvalue weighted by Crippen LogP contribution is -2.15. The average Bonchev–Trinajstić information content (AvgIpc) is 2.99. The van der Waals surface area contributed by atoms with E-state index in [2.05, 4.69) is 0 Å². The van der Waals surface area contributed by atoms with E-state index in [4.69, 9.17) is 15.2 Å². The maximum absolute atomic E-state index is 15.2. The van der Waals surface area contributed by atoms with Gasteiger partial charge in [0.1, 0.15) is 11.6 Å². The second-order valence-electron chi connectivity index (χ2n) is 8.40. The highest BCUT2D eigenvalue weighted by atomic mass is 19.1. The van der Waals surface area contributed by atoms with Gasteiger partial charge in [-0.05, 0) is 49.1 Å². The summed E-state index contributed by atoms with van der Waals surface area (Å²) in [6, 6.07) is 6.46. The summed E-state index contributed by atoms with van der Waals surface area (Å²) in [6.07, 6.45) is 1.63. The number of fused-ring (bicyclic) bond motifs is 1. The summed E-state index contributed by atoms with van der Waals surface area (Å²) in [5, 5.41) is 10.9. The molecule has 0 saturated carbocycles. The third-order valence-electron chi connectivity index (χ3n) is 5.11. The third-order valence-corrected chi connectivity index (χ3v) is 5.11. The number of aromatic nitrogens is 1. The van der Waals surface area contributed by atoms with Gasteiger partial charge >= 0.3 is 0 Å². The second-order valence-corrected chi connectivity index (χ2v) is 8.40. The summed E-state index contributed by atoms with van der Waals surface area (Å²) in [5.74, 6) is -0.213. The number of nitrogen functional groups attached to an aromatic ring is 1. The number of phenols is 1. The van der Waals surface area contributed by atoms with Crippen molar-refractivity contribution in [3.8, 4) is 17.2 Å². The van der Waals surface area contributed by atoms with Crippen molar-refractivity contribution >= 4 is 22.4 Å². The fourth-order valence-corrected chi connectivity index (χ4v) is 3.60. The van der Waals surface area contributed by atoms with Gasteiger partial charge in [0.05, 0.1) is 25.1 Å². The number of benzene rings is 2. The lowest BCUT2D eigenvalue weighted by Gasteiger charge is -2.21. The van der Waals surface area contributed by atoms with Gasteiger partial charge in [0.15, 0.2) is 23.1 Å². The highest BCUT2D eigenvalue weighted by Crippen LogP contribution is 2.40. The number of nitrogens with two attached hydrogens (primary N) is 1. The molecular formula is C24H29FN2O4. The number of nitrogens with zero attached hydrogens (tertiary/aromatic N) is 1. The van der Waals surface area contributed by atoms with Crippen LogP contribution in [0.4, 0.5) is 10.2 Å². The normalized spacial score (nSPS) is 11.7. The van der Waals surface area contributed by atoms with Crippen molar-refractivity contribution in [1.29, 1.82) is 0 Å². The molecule has 6 nitrogen and oxygen atoms in total. The molecule has 0 bridgehead atoms. The molecule has 31 heavy (non-hydrogen) atoms. The van der Waals surface area contributed by atoms with Crippen LogP contribution in [0.15, 0.2) is 30.5 Å². The van der Waals surface area contributed by atoms with E-state index in [1.54, 1.807) is 38.2 Å². The first-order chi connectivity index (χ1) is 14.6. The third kappa shape index (κ3) is 4.31. The van der Waals surface area contributed by atoms with E-state index in [0.717, 1.165) is 0 Å². The van der Waals surface area contributed by atoms with E-state index in [1.807, 2.05) is 20.8 Å². The molecule has 0 aliphatic heterocycles. The van der Waals surface area contributed by atoms with Crippen LogP contribution in [0.25, 0.3) is 10.8 Å². The van der Waals surface area contributed by atoms with Crippen LogP contribution in [-0.2, 0) is 12.0 Å². The SMILES string of the molecule is CCOc1cc2cn(CC(=O)c3ccc(O)c(C(C)(C)C)c3)c(N)c2c(F)c1OCC. The smallest absolute Gasteiger partial charge is 0.197 e. The van der Waals surface area contributed by atoms with E-state index in [-0.39, 0.29) is 47.1 Å². The minimum absolute atomic E-state index is 0.0148. The van der Waals surface area contributed by atoms with Crippen LogP contribution in [0.3, 0.4) is 0 Å². The molecule has 0 aliphatic carbocycles. The van der Waals surface area contributed by atoms with Crippen molar-refractivity contribution in [3.63, 3.8) is 0 Å². The number of aromatic hydroxyl groups is 1. The predicted molar refractivity (Wildman–Crippen MR) is 120 cm³/mol. The molecular weight excluding hydrogens is 399 g/mol. The number of hydrogen-bond acceptors (Lipinski definition) is 5. The van der Waals surface area contributed by atoms with E-state index < -0.39 is 5.82 Å². The average molecular weight is 429 g/mol. The number of ether oxygens (including phenoxy) is 2. The fraction of sp³-hybridized carbons (Fsp3) is 0.375. The molecule has 166 valence electrons. The van der Waals surface area contributed by atoms with Crippen LogP contribution in [0, 0.1) is 5.82 Å². The number of rotatable bonds is 7. The van der Waals surface area contributed by atoms with Crippen molar-refractivity contribution < 1.29 is 23.8 Å². The Morgan fingerprint density at radius 1 is 1.16 bits per heavy atom. The molecule has 7 heteroatoms. The maximum Gasteiger partial charge on any atom is 0.197 e. The van der Waals surface area contributed by atoms with Crippen LogP contribution < -0.4 is 15.2 Å². The lowest BCUT2D eigenvalue weighted by atomic mass is 9.85. The monoisotopic (exact) mass is 428 g/mol. The number of halogens is 1. The Labute approximate surface area is 181 Å². The minimum Gasteiger partial charge on any atom is -0.508 e. The second kappa shape index (κ2) is 8.49. The van der Waals surface area contributed by atoms with Crippen LogP contribution in [0.1, 0.15) is 50.5 Å². The minimum atomic E-state index is -0.605. The first kappa shape index (κ1) is 22.5. The van der Waals surface area contributed by atoms with Gasteiger partial charge < -0.3 is 24.9 Å². The number of ketones is 1. The Balaban J connectivity index is 2.02. The molecule has 0 spiro atoms. The fourth-order valence-electron chi connectivity index (χ4n) is 3.60. The largest absolute Gasteiger partial charge is 0.508 e. The number of carbonyl (C=O) groups is 1. The molecule has 1 aromatic heterocycles. The molecule has 0 radical (unpaired) electrons. The van der Waals surface area contributed by atoms with E-state index in [9.17, 15) is 9.90 Å². The first-order valence-corrected chi connectivity index (χ1v) is 10.3. The van der Waals surface area contributed by atoms with Gasteiger partial charge in [-0.1, -0.05) is 20.8 Å². The Kier molecular flexibility index (Phi) is 6.15. The summed E-state index contributed by atoms with van der Waals surface area (Å²) in [7, 11) is 0. The Morgan fingerprint density at radius 2 is 1.84 bits per heavy atom. The molecule has 2 aromatic carbocycles. The predicted octanol–water partition coefficient (Wildman–Crippen LogP) is 5.05. The lowest BCUT2D eigenvalue weighted by molar-refractivity contribution is 0.0973. The van der Waals surface area contributed by atoms with Crippen LogP contribution in [0.2, 0.25) is 0 Å². The molecule has 0 aliphatic rings. The number of phenolic OH excluding ortho intramolecular Hbond substituents is 1. The van der Waals surface area contributed by atoms with Crippen molar-refractivity contribution in [2.24, 2.45) is 0 Å². The highest BCUT2D eigenvalue weighted by molar-refractivity contribution is 5.99. The molecule has 1 heterocycles. The summed E-state index contributed by atoms with van der Waals surface area (Å²) < 4.78 is 27.7. The van der Waals surface area contributed by atoms with E-state index in [1.165, 1.54) is 10.6 Å². The number of anilines is 1. The van der Waals surface area contributed by atoms with Gasteiger partial charge in [-0.3, -0.25) is 4.79 Å². The number of hydrogen-bond donors (Lipinski definition) is 2. The zero-order valence-electron chi connectivity index (χ0n) is 18.6. The quantitative estimate of drug-likeness (QED) is 0.515. The van der Waals surface area contributed by atoms with Crippen molar-refractivity contribution in [2.75, 3.05) is 18.9 Å². The van der Waals surface area contributed by atoms with Gasteiger partial charge in [0.2, 0.25) is 0 Å².